The van der Waals surface area contributed by atoms with Crippen LogP contribution in [-0.2, 0) is 21.1 Å². The molecule has 0 spiro atoms. The summed E-state index contributed by atoms with van der Waals surface area (Å²) in [6.07, 6.45) is 1.05. The molecule has 1 aromatic carbocycles. The van der Waals surface area contributed by atoms with Crippen LogP contribution >= 0.6 is 0 Å². The summed E-state index contributed by atoms with van der Waals surface area (Å²) >= 11 is 0. The number of nitrogens with zero attached hydrogens (tertiary/aromatic N) is 2. The van der Waals surface area contributed by atoms with Gasteiger partial charge < -0.3 is 4.90 Å². The Morgan fingerprint density at radius 3 is 2.65 bits per heavy atom. The van der Waals surface area contributed by atoms with Gasteiger partial charge in [0.25, 0.3) is 5.69 Å². The van der Waals surface area contributed by atoms with Crippen LogP contribution in [0.3, 0.4) is 0 Å². The summed E-state index contributed by atoms with van der Waals surface area (Å²) in [5, 5.41) is 11.0. The Bertz CT molecular complexity index is 702. The fourth-order valence-electron chi connectivity index (χ4n) is 2.88. The molecule has 2 rings (SSSR count). The summed E-state index contributed by atoms with van der Waals surface area (Å²) < 4.78 is 23.3. The van der Waals surface area contributed by atoms with Crippen LogP contribution in [0.5, 0.6) is 0 Å². The SMILES string of the molecule is CCCN(C(=O)Cc1ccccc1[N+](=O)[O-])C1CCS(=O)(=O)C1. The molecular weight excluding hydrogens is 320 g/mol. The van der Waals surface area contributed by atoms with Gasteiger partial charge in [0.2, 0.25) is 5.91 Å². The Morgan fingerprint density at radius 1 is 1.39 bits per heavy atom. The molecule has 1 unspecified atom stereocenters. The fraction of sp³-hybridized carbons (Fsp3) is 0.533. The highest BCUT2D eigenvalue weighted by Crippen LogP contribution is 2.22. The van der Waals surface area contributed by atoms with Crippen LogP contribution in [0.4, 0.5) is 5.69 Å². The molecule has 1 fully saturated rings. The first-order chi connectivity index (χ1) is 10.8. The van der Waals surface area contributed by atoms with Crippen LogP contribution in [0.2, 0.25) is 0 Å². The minimum Gasteiger partial charge on any atom is -0.338 e. The number of amides is 1. The average Bonchev–Trinajstić information content (AvgIpc) is 2.84. The van der Waals surface area contributed by atoms with E-state index in [4.69, 9.17) is 0 Å². The lowest BCUT2D eigenvalue weighted by Gasteiger charge is -2.28. The average molecular weight is 340 g/mol. The number of sulfone groups is 1. The summed E-state index contributed by atoms with van der Waals surface area (Å²) in [4.78, 5) is 24.7. The molecule has 0 aliphatic carbocycles. The summed E-state index contributed by atoms with van der Waals surface area (Å²) in [5.74, 6) is -0.185. The van der Waals surface area contributed by atoms with Gasteiger partial charge in [-0.25, -0.2) is 8.42 Å². The van der Waals surface area contributed by atoms with E-state index < -0.39 is 14.8 Å². The zero-order valence-corrected chi connectivity index (χ0v) is 13.8. The van der Waals surface area contributed by atoms with E-state index in [1.54, 1.807) is 23.1 Å². The number of nitro benzene ring substituents is 1. The molecule has 0 bridgehead atoms. The van der Waals surface area contributed by atoms with Gasteiger partial charge in [-0.05, 0) is 12.8 Å². The van der Waals surface area contributed by atoms with E-state index >= 15 is 0 Å². The van der Waals surface area contributed by atoms with Crippen molar-refractivity contribution < 1.29 is 18.1 Å². The first-order valence-electron chi connectivity index (χ1n) is 7.56. The zero-order chi connectivity index (χ0) is 17.0. The third-order valence-corrected chi connectivity index (χ3v) is 5.71. The summed E-state index contributed by atoms with van der Waals surface area (Å²) in [5.41, 5.74) is 0.265. The van der Waals surface area contributed by atoms with Crippen LogP contribution in [0.15, 0.2) is 24.3 Å². The smallest absolute Gasteiger partial charge is 0.273 e. The van der Waals surface area contributed by atoms with Crippen molar-refractivity contribution in [2.24, 2.45) is 0 Å². The number of para-hydroxylation sites is 1. The lowest BCUT2D eigenvalue weighted by atomic mass is 10.1. The number of nitro groups is 1. The van der Waals surface area contributed by atoms with Crippen molar-refractivity contribution in [3.05, 3.63) is 39.9 Å². The van der Waals surface area contributed by atoms with Crippen molar-refractivity contribution in [3.8, 4) is 0 Å². The van der Waals surface area contributed by atoms with Crippen molar-refractivity contribution in [3.63, 3.8) is 0 Å². The maximum absolute atomic E-state index is 12.6. The highest BCUT2D eigenvalue weighted by Gasteiger charge is 2.34. The monoisotopic (exact) mass is 340 g/mol. The first kappa shape index (κ1) is 17.4. The third kappa shape index (κ3) is 4.28. The van der Waals surface area contributed by atoms with Gasteiger partial charge in [-0.15, -0.1) is 0 Å². The van der Waals surface area contributed by atoms with Crippen LogP contribution < -0.4 is 0 Å². The van der Waals surface area contributed by atoms with Gasteiger partial charge in [0.1, 0.15) is 0 Å². The molecule has 1 aromatic rings. The quantitative estimate of drug-likeness (QED) is 0.578. The van der Waals surface area contributed by atoms with Gasteiger partial charge in [-0.2, -0.15) is 0 Å². The van der Waals surface area contributed by atoms with Gasteiger partial charge in [0.15, 0.2) is 9.84 Å². The summed E-state index contributed by atoms with van der Waals surface area (Å²) in [7, 11) is -3.09. The van der Waals surface area contributed by atoms with E-state index in [9.17, 15) is 23.3 Å². The van der Waals surface area contributed by atoms with E-state index in [2.05, 4.69) is 0 Å². The molecule has 0 aromatic heterocycles. The Balaban J connectivity index is 2.18. The molecule has 1 aliphatic heterocycles. The normalized spacial score (nSPS) is 19.4. The predicted molar refractivity (Wildman–Crippen MR) is 85.9 cm³/mol. The number of carbonyl (C=O) groups is 1. The largest absolute Gasteiger partial charge is 0.338 e. The minimum atomic E-state index is -3.09. The fourth-order valence-corrected chi connectivity index (χ4v) is 4.61. The number of benzene rings is 1. The van der Waals surface area contributed by atoms with Crippen molar-refractivity contribution >= 4 is 21.4 Å². The zero-order valence-electron chi connectivity index (χ0n) is 13.0. The Hall–Kier alpha value is -1.96. The highest BCUT2D eigenvalue weighted by atomic mass is 32.2. The van der Waals surface area contributed by atoms with Crippen LogP contribution in [-0.4, -0.2) is 48.2 Å². The summed E-state index contributed by atoms with van der Waals surface area (Å²) in [6.45, 7) is 2.37. The van der Waals surface area contributed by atoms with Gasteiger partial charge >= 0.3 is 0 Å². The number of rotatable bonds is 6. The molecule has 0 radical (unpaired) electrons. The molecule has 23 heavy (non-hydrogen) atoms. The lowest BCUT2D eigenvalue weighted by molar-refractivity contribution is -0.385. The van der Waals surface area contributed by atoms with Crippen LogP contribution in [0.25, 0.3) is 0 Å². The van der Waals surface area contributed by atoms with Gasteiger partial charge in [-0.3, -0.25) is 14.9 Å². The molecule has 1 aliphatic rings. The predicted octanol–water partition coefficient (Wildman–Crippen LogP) is 1.56. The topological polar surface area (TPSA) is 97.6 Å². The van der Waals surface area contributed by atoms with E-state index in [0.717, 1.165) is 0 Å². The van der Waals surface area contributed by atoms with E-state index in [0.29, 0.717) is 24.9 Å². The second kappa shape index (κ2) is 7.08. The third-order valence-electron chi connectivity index (χ3n) is 3.96. The first-order valence-corrected chi connectivity index (χ1v) is 9.38. The van der Waals surface area contributed by atoms with Crippen molar-refractivity contribution in [1.82, 2.24) is 4.90 Å². The maximum Gasteiger partial charge on any atom is 0.273 e. The lowest BCUT2D eigenvalue weighted by Crippen LogP contribution is -2.42. The van der Waals surface area contributed by atoms with E-state index in [1.807, 2.05) is 6.92 Å². The molecular formula is C15H20N2O5S. The Labute approximate surface area is 135 Å². The van der Waals surface area contributed by atoms with Gasteiger partial charge in [-0.1, -0.05) is 25.1 Å². The van der Waals surface area contributed by atoms with Crippen LogP contribution in [0, 0.1) is 10.1 Å². The molecule has 1 heterocycles. The van der Waals surface area contributed by atoms with Crippen molar-refractivity contribution in [1.29, 1.82) is 0 Å². The molecule has 1 amide bonds. The molecule has 0 saturated carbocycles. The van der Waals surface area contributed by atoms with Crippen LogP contribution in [0.1, 0.15) is 25.3 Å². The van der Waals surface area contributed by atoms with Crippen molar-refractivity contribution in [2.75, 3.05) is 18.1 Å². The molecule has 8 heteroatoms. The number of hydrogen-bond acceptors (Lipinski definition) is 5. The highest BCUT2D eigenvalue weighted by molar-refractivity contribution is 7.91. The van der Waals surface area contributed by atoms with Gasteiger partial charge in [0.05, 0.1) is 22.8 Å². The van der Waals surface area contributed by atoms with E-state index in [-0.39, 0.29) is 35.6 Å². The standard InChI is InChI=1S/C15H20N2O5S/c1-2-8-16(13-7-9-23(21,22)11-13)15(18)10-12-5-3-4-6-14(12)17(19)20/h3-6,13H,2,7-11H2,1H3. The van der Waals surface area contributed by atoms with Crippen molar-refractivity contribution in [2.45, 2.75) is 32.2 Å². The molecule has 0 N–H and O–H groups in total. The number of carbonyl (C=O) groups excluding carboxylic acids is 1. The molecule has 1 atom stereocenters. The second-order valence-electron chi connectivity index (χ2n) is 5.71. The minimum absolute atomic E-state index is 0.0182. The number of hydrogen-bond donors (Lipinski definition) is 0. The van der Waals surface area contributed by atoms with Gasteiger partial charge in [0, 0.05) is 24.2 Å². The maximum atomic E-state index is 12.6. The molecule has 126 valence electrons. The Morgan fingerprint density at radius 2 is 2.09 bits per heavy atom. The Kier molecular flexibility index (Phi) is 5.35. The second-order valence-corrected chi connectivity index (χ2v) is 7.94. The van der Waals surface area contributed by atoms with E-state index in [1.165, 1.54) is 6.07 Å². The molecule has 1 saturated heterocycles. The molecule has 7 nitrogen and oxygen atoms in total. The summed E-state index contributed by atoms with van der Waals surface area (Å²) in [6, 6.07) is 5.81.